The van der Waals surface area contributed by atoms with Crippen molar-refractivity contribution < 1.29 is 14.4 Å². The molecule has 5 heteroatoms. The molecule has 1 aromatic rings. The van der Waals surface area contributed by atoms with Gasteiger partial charge >= 0.3 is 5.97 Å². The molecule has 1 aromatic heterocycles. The summed E-state index contributed by atoms with van der Waals surface area (Å²) in [6.07, 6.45) is 5.25. The number of rotatable bonds is 5. The summed E-state index contributed by atoms with van der Waals surface area (Å²) in [5.41, 5.74) is -0.0299. The van der Waals surface area contributed by atoms with Gasteiger partial charge in [-0.05, 0) is 25.3 Å². The number of hydrogen-bond donors (Lipinski definition) is 2. The lowest BCUT2D eigenvalue weighted by atomic mass is 10.1. The van der Waals surface area contributed by atoms with Crippen LogP contribution in [-0.2, 0) is 6.54 Å². The number of carboxylic acids is 1. The molecule has 0 amide bonds. The Morgan fingerprint density at radius 3 is 2.94 bits per heavy atom. The van der Waals surface area contributed by atoms with E-state index in [1.54, 1.807) is 0 Å². The number of carboxylic acid groups (broad SMARTS) is 1. The van der Waals surface area contributed by atoms with Crippen molar-refractivity contribution in [1.82, 2.24) is 10.5 Å². The molecule has 0 atom stereocenters. The van der Waals surface area contributed by atoms with Crippen molar-refractivity contribution in [3.8, 4) is 0 Å². The van der Waals surface area contributed by atoms with Crippen LogP contribution in [0.3, 0.4) is 0 Å². The van der Waals surface area contributed by atoms with Crippen molar-refractivity contribution in [2.75, 3.05) is 6.54 Å². The smallest absolute Gasteiger partial charge is 0.358 e. The highest BCUT2D eigenvalue weighted by Crippen LogP contribution is 2.23. The Kier molecular flexibility index (Phi) is 3.56. The van der Waals surface area contributed by atoms with Gasteiger partial charge in [0.05, 0.1) is 6.54 Å². The summed E-state index contributed by atoms with van der Waals surface area (Å²) >= 11 is 0. The highest BCUT2D eigenvalue weighted by atomic mass is 16.5. The number of nitrogens with zero attached hydrogens (tertiary/aromatic N) is 1. The molecule has 0 aliphatic heterocycles. The molecule has 0 saturated heterocycles. The maximum Gasteiger partial charge on any atom is 0.358 e. The van der Waals surface area contributed by atoms with Crippen LogP contribution in [0.1, 0.15) is 41.9 Å². The first-order chi connectivity index (χ1) is 7.75. The van der Waals surface area contributed by atoms with Crippen molar-refractivity contribution >= 4 is 5.97 Å². The quantitative estimate of drug-likeness (QED) is 0.795. The van der Waals surface area contributed by atoms with E-state index in [0.717, 1.165) is 12.5 Å². The Balaban J connectivity index is 1.74. The maximum atomic E-state index is 10.6. The van der Waals surface area contributed by atoms with Gasteiger partial charge in [0.15, 0.2) is 11.5 Å². The van der Waals surface area contributed by atoms with E-state index >= 15 is 0 Å². The minimum absolute atomic E-state index is 0.0299. The zero-order valence-electron chi connectivity index (χ0n) is 9.11. The van der Waals surface area contributed by atoms with Gasteiger partial charge in [-0.2, -0.15) is 0 Å². The second-order valence-corrected chi connectivity index (χ2v) is 4.27. The standard InChI is InChI=1S/C11H16N2O3/c14-11(15)10-5-9(16-13-10)7-12-6-8-3-1-2-4-8/h5,8,12H,1-4,6-7H2,(H,14,15). The molecule has 0 unspecified atom stereocenters. The van der Waals surface area contributed by atoms with Crippen LogP contribution >= 0.6 is 0 Å². The summed E-state index contributed by atoms with van der Waals surface area (Å²) in [7, 11) is 0. The lowest BCUT2D eigenvalue weighted by Crippen LogP contribution is -2.20. The molecule has 88 valence electrons. The molecule has 16 heavy (non-hydrogen) atoms. The van der Waals surface area contributed by atoms with Crippen molar-refractivity contribution in [3.05, 3.63) is 17.5 Å². The fraction of sp³-hybridized carbons (Fsp3) is 0.636. The molecule has 2 N–H and O–H groups in total. The van der Waals surface area contributed by atoms with E-state index in [4.69, 9.17) is 9.63 Å². The van der Waals surface area contributed by atoms with Gasteiger partial charge < -0.3 is 14.9 Å². The molecular formula is C11H16N2O3. The Morgan fingerprint density at radius 1 is 1.56 bits per heavy atom. The Bertz CT molecular complexity index is 356. The highest BCUT2D eigenvalue weighted by molar-refractivity contribution is 5.85. The summed E-state index contributed by atoms with van der Waals surface area (Å²) in [5.74, 6) is 0.294. The van der Waals surface area contributed by atoms with Crippen LogP contribution in [0.4, 0.5) is 0 Å². The highest BCUT2D eigenvalue weighted by Gasteiger charge is 2.15. The molecule has 1 aliphatic carbocycles. The first-order valence-electron chi connectivity index (χ1n) is 5.65. The van der Waals surface area contributed by atoms with Crippen molar-refractivity contribution in [2.24, 2.45) is 5.92 Å². The summed E-state index contributed by atoms with van der Waals surface area (Å²) in [6.45, 7) is 1.53. The van der Waals surface area contributed by atoms with Crippen LogP contribution in [0.25, 0.3) is 0 Å². The Hall–Kier alpha value is -1.36. The van der Waals surface area contributed by atoms with Crippen molar-refractivity contribution in [2.45, 2.75) is 32.2 Å². The molecule has 0 aromatic carbocycles. The number of carbonyl (C=O) groups is 1. The van der Waals surface area contributed by atoms with Crippen molar-refractivity contribution in [1.29, 1.82) is 0 Å². The molecule has 1 heterocycles. The summed E-state index contributed by atoms with van der Waals surface area (Å²) in [5, 5.41) is 15.4. The third-order valence-electron chi connectivity index (χ3n) is 2.99. The third-order valence-corrected chi connectivity index (χ3v) is 2.99. The maximum absolute atomic E-state index is 10.6. The molecule has 0 spiro atoms. The monoisotopic (exact) mass is 224 g/mol. The molecule has 0 radical (unpaired) electrons. The molecule has 2 rings (SSSR count). The lowest BCUT2D eigenvalue weighted by Gasteiger charge is -2.08. The van der Waals surface area contributed by atoms with Crippen LogP contribution in [0.2, 0.25) is 0 Å². The van der Waals surface area contributed by atoms with Crippen molar-refractivity contribution in [3.63, 3.8) is 0 Å². The Labute approximate surface area is 93.8 Å². The summed E-state index contributed by atoms with van der Waals surface area (Å²) < 4.78 is 4.90. The molecule has 5 nitrogen and oxygen atoms in total. The normalized spacial score (nSPS) is 16.8. The number of aromatic nitrogens is 1. The van der Waals surface area contributed by atoms with E-state index in [1.807, 2.05) is 0 Å². The number of aromatic carboxylic acids is 1. The van der Waals surface area contributed by atoms with Gasteiger partial charge in [0.2, 0.25) is 0 Å². The van der Waals surface area contributed by atoms with Crippen LogP contribution in [0.5, 0.6) is 0 Å². The van der Waals surface area contributed by atoms with Gasteiger partial charge in [0, 0.05) is 6.07 Å². The largest absolute Gasteiger partial charge is 0.476 e. The van der Waals surface area contributed by atoms with Crippen LogP contribution in [0.15, 0.2) is 10.6 Å². The fourth-order valence-corrected chi connectivity index (χ4v) is 2.11. The van der Waals surface area contributed by atoms with E-state index < -0.39 is 5.97 Å². The molecular weight excluding hydrogens is 208 g/mol. The van der Waals surface area contributed by atoms with E-state index in [2.05, 4.69) is 10.5 Å². The first kappa shape index (κ1) is 11.1. The van der Waals surface area contributed by atoms with E-state index in [1.165, 1.54) is 31.7 Å². The van der Waals surface area contributed by atoms with Gasteiger partial charge in [-0.1, -0.05) is 18.0 Å². The molecule has 1 aliphatic rings. The van der Waals surface area contributed by atoms with Crippen LogP contribution in [-0.4, -0.2) is 22.8 Å². The minimum Gasteiger partial charge on any atom is -0.476 e. The number of nitrogens with one attached hydrogen (secondary N) is 1. The SMILES string of the molecule is O=C(O)c1cc(CNCC2CCCC2)on1. The molecule has 1 fully saturated rings. The average Bonchev–Trinajstić information content (AvgIpc) is 2.87. The average molecular weight is 224 g/mol. The van der Waals surface area contributed by atoms with Gasteiger partial charge in [-0.3, -0.25) is 0 Å². The van der Waals surface area contributed by atoms with E-state index in [-0.39, 0.29) is 5.69 Å². The van der Waals surface area contributed by atoms with Gasteiger partial charge in [-0.25, -0.2) is 4.79 Å². The topological polar surface area (TPSA) is 75.4 Å². The number of hydrogen-bond acceptors (Lipinski definition) is 4. The van der Waals surface area contributed by atoms with E-state index in [9.17, 15) is 4.79 Å². The Morgan fingerprint density at radius 2 is 2.31 bits per heavy atom. The first-order valence-corrected chi connectivity index (χ1v) is 5.65. The predicted octanol–water partition coefficient (Wildman–Crippen LogP) is 1.65. The van der Waals surface area contributed by atoms with Crippen LogP contribution < -0.4 is 5.32 Å². The zero-order chi connectivity index (χ0) is 11.4. The fourth-order valence-electron chi connectivity index (χ4n) is 2.11. The molecule has 0 bridgehead atoms. The summed E-state index contributed by atoms with van der Waals surface area (Å²) in [6, 6.07) is 1.46. The van der Waals surface area contributed by atoms with Gasteiger partial charge in [-0.15, -0.1) is 0 Å². The van der Waals surface area contributed by atoms with E-state index in [0.29, 0.717) is 12.3 Å². The predicted molar refractivity (Wildman–Crippen MR) is 57.1 cm³/mol. The lowest BCUT2D eigenvalue weighted by molar-refractivity contribution is 0.0685. The summed E-state index contributed by atoms with van der Waals surface area (Å²) in [4.78, 5) is 10.6. The second kappa shape index (κ2) is 5.12. The minimum atomic E-state index is -1.05. The van der Waals surface area contributed by atoms with Gasteiger partial charge in [0.25, 0.3) is 0 Å². The third kappa shape index (κ3) is 2.82. The second-order valence-electron chi connectivity index (χ2n) is 4.27. The zero-order valence-corrected chi connectivity index (χ0v) is 9.11. The van der Waals surface area contributed by atoms with Crippen LogP contribution in [0, 0.1) is 5.92 Å². The van der Waals surface area contributed by atoms with Gasteiger partial charge in [0.1, 0.15) is 0 Å². The molecule has 1 saturated carbocycles.